The number of allylic oxidation sites excluding steroid dienone is 1. The molecule has 0 saturated carbocycles. The molecular weight excluding hydrogens is 216 g/mol. The maximum Gasteiger partial charge on any atom is 0.161 e. The lowest BCUT2D eigenvalue weighted by atomic mass is 10.0. The second kappa shape index (κ2) is 6.09. The number of rotatable bonds is 5. The van der Waals surface area contributed by atoms with E-state index in [1.807, 2.05) is 38.1 Å². The monoisotopic (exact) mass is 234 g/mol. The Kier molecular flexibility index (Phi) is 4.76. The molecule has 0 fully saturated rings. The number of methoxy groups -OCH3 is 2. The Morgan fingerprint density at radius 3 is 2.29 bits per heavy atom. The van der Waals surface area contributed by atoms with E-state index >= 15 is 0 Å². The molecule has 3 heteroatoms. The lowest BCUT2D eigenvalue weighted by molar-refractivity contribution is -0.105. The lowest BCUT2D eigenvalue weighted by Crippen LogP contribution is -1.95. The Hall–Kier alpha value is -1.77. The first-order chi connectivity index (χ1) is 8.12. The largest absolute Gasteiger partial charge is 0.493 e. The fraction of sp³-hybridized carbons (Fsp3) is 0.357. The molecule has 0 aliphatic heterocycles. The molecule has 0 bridgehead atoms. The average Bonchev–Trinajstić information content (AvgIpc) is 2.35. The molecule has 0 spiro atoms. The highest BCUT2D eigenvalue weighted by molar-refractivity contribution is 5.82. The van der Waals surface area contributed by atoms with Crippen LogP contribution in [-0.4, -0.2) is 20.5 Å². The Labute approximate surface area is 102 Å². The molecule has 0 N–H and O–H groups in total. The van der Waals surface area contributed by atoms with Gasteiger partial charge in [0.2, 0.25) is 0 Å². The first-order valence-corrected chi connectivity index (χ1v) is 5.51. The van der Waals surface area contributed by atoms with Crippen LogP contribution in [0.5, 0.6) is 11.5 Å². The fourth-order valence-corrected chi connectivity index (χ4v) is 1.47. The van der Waals surface area contributed by atoms with E-state index < -0.39 is 0 Å². The third-order valence-electron chi connectivity index (χ3n) is 2.54. The molecule has 0 radical (unpaired) electrons. The molecular formula is C14H18O3. The van der Waals surface area contributed by atoms with Crippen LogP contribution in [-0.2, 0) is 4.79 Å². The molecule has 3 nitrogen and oxygen atoms in total. The van der Waals surface area contributed by atoms with Crippen LogP contribution in [0.2, 0.25) is 0 Å². The van der Waals surface area contributed by atoms with Crippen molar-refractivity contribution in [1.29, 1.82) is 0 Å². The van der Waals surface area contributed by atoms with E-state index in [9.17, 15) is 4.79 Å². The number of hydrogen-bond donors (Lipinski definition) is 0. The van der Waals surface area contributed by atoms with Crippen molar-refractivity contribution in [3.8, 4) is 11.5 Å². The smallest absolute Gasteiger partial charge is 0.161 e. The minimum Gasteiger partial charge on any atom is -0.493 e. The van der Waals surface area contributed by atoms with Crippen LogP contribution in [0.1, 0.15) is 19.4 Å². The van der Waals surface area contributed by atoms with Crippen LogP contribution in [0.15, 0.2) is 23.8 Å². The van der Waals surface area contributed by atoms with Crippen molar-refractivity contribution in [3.63, 3.8) is 0 Å². The average molecular weight is 234 g/mol. The number of hydrogen-bond acceptors (Lipinski definition) is 3. The Morgan fingerprint density at radius 1 is 1.18 bits per heavy atom. The van der Waals surface area contributed by atoms with E-state index in [-0.39, 0.29) is 5.92 Å². The number of benzene rings is 1. The molecule has 1 aromatic rings. The minimum absolute atomic E-state index is 0.209. The summed E-state index contributed by atoms with van der Waals surface area (Å²) in [4.78, 5) is 10.9. The number of aldehydes is 1. The van der Waals surface area contributed by atoms with E-state index in [1.165, 1.54) is 0 Å². The third kappa shape index (κ3) is 3.34. The van der Waals surface area contributed by atoms with Gasteiger partial charge in [0.1, 0.15) is 6.29 Å². The van der Waals surface area contributed by atoms with Crippen LogP contribution in [0.4, 0.5) is 0 Å². The minimum atomic E-state index is 0.209. The van der Waals surface area contributed by atoms with E-state index in [1.54, 1.807) is 14.2 Å². The summed E-state index contributed by atoms with van der Waals surface area (Å²) in [5, 5.41) is 0. The summed E-state index contributed by atoms with van der Waals surface area (Å²) in [5.41, 5.74) is 1.69. The Morgan fingerprint density at radius 2 is 1.82 bits per heavy atom. The normalized spacial score (nSPS) is 11.5. The summed E-state index contributed by atoms with van der Waals surface area (Å²) in [6, 6.07) is 5.57. The first-order valence-electron chi connectivity index (χ1n) is 5.51. The van der Waals surface area contributed by atoms with Crippen molar-refractivity contribution in [3.05, 3.63) is 29.3 Å². The lowest BCUT2D eigenvalue weighted by Gasteiger charge is -2.09. The third-order valence-corrected chi connectivity index (χ3v) is 2.54. The van der Waals surface area contributed by atoms with Gasteiger partial charge in [0.25, 0.3) is 0 Å². The molecule has 1 rings (SSSR count). The molecule has 1 aromatic carbocycles. The van der Waals surface area contributed by atoms with Crippen molar-refractivity contribution in [2.24, 2.45) is 5.92 Å². The highest BCUT2D eigenvalue weighted by Crippen LogP contribution is 2.28. The van der Waals surface area contributed by atoms with E-state index in [0.717, 1.165) is 17.4 Å². The van der Waals surface area contributed by atoms with Gasteiger partial charge in [-0.15, -0.1) is 0 Å². The Bertz CT molecular complexity index is 419. The molecule has 0 unspecified atom stereocenters. The van der Waals surface area contributed by atoms with Gasteiger partial charge in [-0.1, -0.05) is 19.9 Å². The molecule has 0 aliphatic carbocycles. The van der Waals surface area contributed by atoms with Gasteiger partial charge in [-0.05, 0) is 35.3 Å². The first kappa shape index (κ1) is 13.3. The van der Waals surface area contributed by atoms with E-state index in [2.05, 4.69) is 0 Å². The van der Waals surface area contributed by atoms with Gasteiger partial charge >= 0.3 is 0 Å². The molecule has 0 amide bonds. The zero-order chi connectivity index (χ0) is 12.8. The number of carbonyl (C=O) groups excluding carboxylic acids is 1. The Balaban J connectivity index is 3.11. The summed E-state index contributed by atoms with van der Waals surface area (Å²) in [5.74, 6) is 1.55. The molecule has 17 heavy (non-hydrogen) atoms. The fourth-order valence-electron chi connectivity index (χ4n) is 1.47. The quantitative estimate of drug-likeness (QED) is 0.580. The predicted molar refractivity (Wildman–Crippen MR) is 68.4 cm³/mol. The van der Waals surface area contributed by atoms with Crippen LogP contribution in [0.25, 0.3) is 6.08 Å². The van der Waals surface area contributed by atoms with Crippen LogP contribution >= 0.6 is 0 Å². The molecule has 92 valence electrons. The summed E-state index contributed by atoms with van der Waals surface area (Å²) < 4.78 is 10.4. The number of ether oxygens (including phenoxy) is 2. The van der Waals surface area contributed by atoms with Gasteiger partial charge in [-0.2, -0.15) is 0 Å². The SMILES string of the molecule is COc1ccc(/C=C(/C=O)C(C)C)cc1OC. The molecule has 0 aliphatic rings. The maximum atomic E-state index is 10.9. The summed E-state index contributed by atoms with van der Waals surface area (Å²) in [6.07, 6.45) is 2.75. The highest BCUT2D eigenvalue weighted by Gasteiger charge is 2.05. The second-order valence-corrected chi connectivity index (χ2v) is 4.03. The van der Waals surface area contributed by atoms with Crippen LogP contribution in [0, 0.1) is 5.92 Å². The topological polar surface area (TPSA) is 35.5 Å². The van der Waals surface area contributed by atoms with Gasteiger partial charge in [0, 0.05) is 0 Å². The van der Waals surface area contributed by atoms with Gasteiger partial charge in [0.05, 0.1) is 14.2 Å². The summed E-state index contributed by atoms with van der Waals surface area (Å²) >= 11 is 0. The molecule has 0 heterocycles. The summed E-state index contributed by atoms with van der Waals surface area (Å²) in [6.45, 7) is 3.97. The standard InChI is InChI=1S/C14H18O3/c1-10(2)12(9-15)7-11-5-6-13(16-3)14(8-11)17-4/h5-10H,1-4H3/b12-7-. The van der Waals surface area contributed by atoms with Gasteiger partial charge in [-0.25, -0.2) is 0 Å². The maximum absolute atomic E-state index is 10.9. The van der Waals surface area contributed by atoms with Crippen LogP contribution < -0.4 is 9.47 Å². The molecule has 0 atom stereocenters. The summed E-state index contributed by atoms with van der Waals surface area (Å²) in [7, 11) is 3.19. The van der Waals surface area contributed by atoms with Crippen LogP contribution in [0.3, 0.4) is 0 Å². The molecule has 0 saturated heterocycles. The zero-order valence-corrected chi connectivity index (χ0v) is 10.7. The molecule has 0 aromatic heterocycles. The van der Waals surface area contributed by atoms with Crippen molar-refractivity contribution >= 4 is 12.4 Å². The van der Waals surface area contributed by atoms with Gasteiger partial charge < -0.3 is 9.47 Å². The van der Waals surface area contributed by atoms with Crippen molar-refractivity contribution in [1.82, 2.24) is 0 Å². The number of carbonyl (C=O) groups is 1. The second-order valence-electron chi connectivity index (χ2n) is 4.03. The van der Waals surface area contributed by atoms with E-state index in [0.29, 0.717) is 11.5 Å². The van der Waals surface area contributed by atoms with Crippen molar-refractivity contribution in [2.75, 3.05) is 14.2 Å². The predicted octanol–water partition coefficient (Wildman–Crippen LogP) is 2.94. The van der Waals surface area contributed by atoms with Crippen molar-refractivity contribution in [2.45, 2.75) is 13.8 Å². The van der Waals surface area contributed by atoms with Crippen molar-refractivity contribution < 1.29 is 14.3 Å². The highest BCUT2D eigenvalue weighted by atomic mass is 16.5. The van der Waals surface area contributed by atoms with Gasteiger partial charge in [-0.3, -0.25) is 4.79 Å². The zero-order valence-electron chi connectivity index (χ0n) is 10.7. The van der Waals surface area contributed by atoms with Gasteiger partial charge in [0.15, 0.2) is 11.5 Å². The van der Waals surface area contributed by atoms with E-state index in [4.69, 9.17) is 9.47 Å².